The third-order valence-electron chi connectivity index (χ3n) is 20.6. The van der Waals surface area contributed by atoms with Crippen LogP contribution < -0.4 is 19.3 Å². The highest BCUT2D eigenvalue weighted by atomic mass is 32.2. The number of unbranched alkanes of at least 4 members (excludes halogenated alkanes) is 2. The number of ether oxygens (including phenoxy) is 2. The Bertz CT molecular complexity index is 4810. The van der Waals surface area contributed by atoms with Crippen molar-refractivity contribution >= 4 is 120 Å². The van der Waals surface area contributed by atoms with E-state index in [9.17, 15) is 52.8 Å². The molecular formula is C77H93N5O18S4. The van der Waals surface area contributed by atoms with Gasteiger partial charge >= 0.3 is 0 Å². The molecule has 2 unspecified atom stereocenters. The minimum atomic E-state index is -4.42. The van der Waals surface area contributed by atoms with Crippen LogP contribution in [0.1, 0.15) is 242 Å². The molecule has 0 aliphatic carbocycles. The molecule has 6 aromatic carbocycles. The van der Waals surface area contributed by atoms with E-state index < -0.39 is 173 Å². The van der Waals surface area contributed by atoms with E-state index in [2.05, 4.69) is 0 Å². The minimum Gasteiger partial charge on any atom is -0.492 e. The van der Waals surface area contributed by atoms with Gasteiger partial charge in [0.25, 0.3) is 47.3 Å². The van der Waals surface area contributed by atoms with Crippen LogP contribution in [0, 0.1) is 11.8 Å². The van der Waals surface area contributed by atoms with Crippen LogP contribution in [0.15, 0.2) is 80.2 Å². The first-order valence-corrected chi connectivity index (χ1v) is 42.4. The molecule has 0 fully saturated rings. The monoisotopic (exact) mass is 1500 g/mol. The lowest BCUT2D eigenvalue weighted by Crippen LogP contribution is -2.46. The average molecular weight is 1500 g/mol. The summed E-state index contributed by atoms with van der Waals surface area (Å²) < 4.78 is 127. The number of sulfone groups is 4. The lowest BCUT2D eigenvalue weighted by atomic mass is 9.83. The molecular weight excluding hydrogens is 1410 g/mol. The highest BCUT2D eigenvalue weighted by molar-refractivity contribution is 7.92. The highest BCUT2D eigenvalue weighted by Gasteiger charge is 2.50. The van der Waals surface area contributed by atoms with Crippen molar-refractivity contribution in [3.63, 3.8) is 0 Å². The fourth-order valence-electron chi connectivity index (χ4n) is 14.4. The smallest absolute Gasteiger partial charge is 0.267 e. The number of hydrogen-bond donors (Lipinski definition) is 0. The number of amides is 8. The number of anilines is 2. The second-order valence-corrected chi connectivity index (χ2v) is 38.3. The van der Waals surface area contributed by atoms with Crippen molar-refractivity contribution in [1.29, 1.82) is 0 Å². The molecule has 0 N–H and O–H groups in total. The third-order valence-corrected chi connectivity index (χ3v) is 27.6. The van der Waals surface area contributed by atoms with Gasteiger partial charge in [-0.3, -0.25) is 53.1 Å². The minimum absolute atomic E-state index is 0.00495. The number of benzene rings is 6. The molecule has 4 heterocycles. The number of carbonyl (C=O) groups excluding carboxylic acids is 8. The maximum atomic E-state index is 15.5. The van der Waals surface area contributed by atoms with Crippen molar-refractivity contribution in [2.75, 3.05) is 79.3 Å². The number of rotatable bonds is 30. The van der Waals surface area contributed by atoms with Crippen LogP contribution in [0.3, 0.4) is 0 Å². The van der Waals surface area contributed by atoms with Crippen LogP contribution in [-0.2, 0) is 50.2 Å². The molecule has 8 amide bonds. The Morgan fingerprint density at radius 2 is 0.683 bits per heavy atom. The molecule has 558 valence electrons. The maximum Gasteiger partial charge on any atom is 0.267 e. The van der Waals surface area contributed by atoms with Crippen LogP contribution in [0.25, 0.3) is 21.5 Å². The van der Waals surface area contributed by atoms with Gasteiger partial charge in [0.1, 0.15) is 24.7 Å². The fraction of sp³-hybridized carbons (Fsp3) is 0.481. The van der Waals surface area contributed by atoms with E-state index in [1.807, 2.05) is 74.1 Å². The van der Waals surface area contributed by atoms with Gasteiger partial charge in [-0.2, -0.15) is 0 Å². The number of imide groups is 4. The summed E-state index contributed by atoms with van der Waals surface area (Å²) in [5.41, 5.74) is -3.99. The second kappa shape index (κ2) is 29.2. The van der Waals surface area contributed by atoms with Crippen LogP contribution >= 0.6 is 0 Å². The molecule has 0 radical (unpaired) electrons. The van der Waals surface area contributed by atoms with Gasteiger partial charge in [0.05, 0.1) is 98.5 Å². The van der Waals surface area contributed by atoms with Gasteiger partial charge < -0.3 is 9.47 Å². The van der Waals surface area contributed by atoms with Crippen LogP contribution in [0.2, 0.25) is 0 Å². The molecule has 0 spiro atoms. The summed E-state index contributed by atoms with van der Waals surface area (Å²) in [5, 5.41) is -1.18. The van der Waals surface area contributed by atoms with Gasteiger partial charge in [-0.05, 0) is 90.1 Å². The van der Waals surface area contributed by atoms with Crippen molar-refractivity contribution in [2.24, 2.45) is 11.8 Å². The Balaban J connectivity index is 0.944. The first kappa shape index (κ1) is 78.4. The number of likely N-dealkylation sites (N-methyl/N-ethyl adjacent to an activating group) is 1. The largest absolute Gasteiger partial charge is 0.492 e. The summed E-state index contributed by atoms with van der Waals surface area (Å²) in [7, 11) is -15.8. The van der Waals surface area contributed by atoms with Crippen molar-refractivity contribution < 1.29 is 81.5 Å². The van der Waals surface area contributed by atoms with Gasteiger partial charge in [0, 0.05) is 59.9 Å². The zero-order chi connectivity index (χ0) is 76.6. The summed E-state index contributed by atoms with van der Waals surface area (Å²) in [4.78, 5) is 124. The van der Waals surface area contributed by atoms with Gasteiger partial charge in [-0.15, -0.1) is 0 Å². The van der Waals surface area contributed by atoms with Gasteiger partial charge in [-0.1, -0.05) is 148 Å². The van der Waals surface area contributed by atoms with Crippen LogP contribution in [0.4, 0.5) is 11.4 Å². The summed E-state index contributed by atoms with van der Waals surface area (Å²) in [5.74, 6) is -9.96. The first-order valence-electron chi connectivity index (χ1n) is 35.8. The van der Waals surface area contributed by atoms with E-state index >= 15 is 19.2 Å². The Kier molecular flexibility index (Phi) is 22.0. The topological polar surface area (TPSA) is 308 Å². The summed E-state index contributed by atoms with van der Waals surface area (Å²) in [6.45, 7) is 24.6. The molecule has 27 heteroatoms. The molecule has 4 aliphatic rings. The van der Waals surface area contributed by atoms with Gasteiger partial charge in [-0.25, -0.2) is 43.5 Å². The van der Waals surface area contributed by atoms with Gasteiger partial charge in [0.2, 0.25) is 0 Å². The average Bonchev–Trinajstić information content (AvgIpc) is 0.693. The quantitative estimate of drug-likeness (QED) is 0.0378. The number of hydrogen-bond acceptors (Lipinski definition) is 19. The Hall–Kier alpha value is -8.24. The molecule has 0 aromatic heterocycles. The molecule has 10 rings (SSSR count). The van der Waals surface area contributed by atoms with E-state index in [4.69, 9.17) is 9.47 Å². The number of nitrogens with zero attached hydrogens (tertiary/aromatic N) is 5. The fourth-order valence-corrected chi connectivity index (χ4v) is 18.8. The van der Waals surface area contributed by atoms with Crippen molar-refractivity contribution in [3.05, 3.63) is 116 Å². The summed E-state index contributed by atoms with van der Waals surface area (Å²) >= 11 is 0. The normalized spacial score (nSPS) is 15.8. The third kappa shape index (κ3) is 13.8. The Morgan fingerprint density at radius 3 is 0.952 bits per heavy atom. The van der Waals surface area contributed by atoms with E-state index in [-0.39, 0.29) is 107 Å². The standard InChI is InChI=1S/C77H93N5O18S4/c1-16-24-26-44(18-3)42-79-68(83)48-38-58(103(95,96)22-7)66-62-50(40-56(101(91,92)20-5)64(60(48)62)72(79)87)70(85)81(74(66)89)54-36-46(28-30-52(54)76(9,10)11)99-34-32-78(15)33-35-100-47-29-31-53(77(12,13)14)55(37-47)82-71(86)51-41-57(102(93,94)21-6)65-61-49(39-59(104(97,98)23-8)67(63(51)61)75(82)90)69(84)80(73(65)88)43-45(19-4)27-25-17-2/h28-31,36-41,44-45H,16-27,32-35,42-43H2,1-15H3. The second-order valence-electron chi connectivity index (χ2n) is 29.3. The number of carbonyl (C=O) groups is 8. The predicted molar refractivity (Wildman–Crippen MR) is 397 cm³/mol. The molecule has 4 aliphatic heterocycles. The molecule has 23 nitrogen and oxygen atoms in total. The van der Waals surface area contributed by atoms with E-state index in [1.165, 1.54) is 39.8 Å². The van der Waals surface area contributed by atoms with E-state index in [0.717, 1.165) is 69.5 Å². The maximum absolute atomic E-state index is 15.5. The van der Waals surface area contributed by atoms with E-state index in [0.29, 0.717) is 36.8 Å². The molecule has 0 saturated heterocycles. The Morgan fingerprint density at radius 1 is 0.394 bits per heavy atom. The lowest BCUT2D eigenvalue weighted by molar-refractivity contribution is 0.0562. The lowest BCUT2D eigenvalue weighted by Gasteiger charge is -2.36. The molecule has 2 atom stereocenters. The zero-order valence-corrected chi connectivity index (χ0v) is 65.1. The van der Waals surface area contributed by atoms with Crippen LogP contribution in [0.5, 0.6) is 11.5 Å². The first-order chi connectivity index (χ1) is 48.8. The van der Waals surface area contributed by atoms with Crippen LogP contribution in [-0.4, -0.2) is 165 Å². The molecule has 0 saturated carbocycles. The zero-order valence-electron chi connectivity index (χ0n) is 61.9. The van der Waals surface area contributed by atoms with Gasteiger partial charge in [0.15, 0.2) is 39.3 Å². The summed E-state index contributed by atoms with van der Waals surface area (Å²) in [6, 6.07) is 13.7. The molecule has 6 aromatic rings. The van der Waals surface area contributed by atoms with Crippen molar-refractivity contribution in [3.8, 4) is 11.5 Å². The van der Waals surface area contributed by atoms with Crippen molar-refractivity contribution in [2.45, 2.75) is 179 Å². The highest BCUT2D eigenvalue weighted by Crippen LogP contribution is 2.50. The molecule has 104 heavy (non-hydrogen) atoms. The predicted octanol–water partition coefficient (Wildman–Crippen LogP) is 12.4. The SMILES string of the molecule is CCCCC(CC)CN1C(=O)c2cc(S(=O)(=O)CC)c3c4c(cc(S(=O)(=O)CC)c(c24)C1=O)C(=O)N(c1cc(OCCN(C)CCOc2ccc(C(C)(C)C)c(N4C(=O)c5cc(S(=O)(=O)CC)c6c7c(cc(S(=O)(=O)CC)c(c57)C4=O)C(=O)N(CC(CC)CCCC)C6=O)c2)ccc1C(C)(C)C)C3=O. The molecule has 0 bridgehead atoms. The Labute approximate surface area is 609 Å². The summed E-state index contributed by atoms with van der Waals surface area (Å²) in [6.07, 6.45) is 5.74. The van der Waals surface area contributed by atoms with Crippen molar-refractivity contribution in [1.82, 2.24) is 14.7 Å². The van der Waals surface area contributed by atoms with E-state index in [1.54, 1.807) is 31.3 Å².